The summed E-state index contributed by atoms with van der Waals surface area (Å²) in [5.41, 5.74) is 3.16. The molecule has 0 aromatic heterocycles. The van der Waals surface area contributed by atoms with Gasteiger partial charge in [-0.1, -0.05) is 26.0 Å². The third-order valence-electron chi connectivity index (χ3n) is 5.19. The average molecular weight is 288 g/mol. The fourth-order valence-corrected chi connectivity index (χ4v) is 3.42. The number of fused-ring (bicyclic) bond motifs is 1. The molecule has 2 aliphatic rings. The van der Waals surface area contributed by atoms with E-state index < -0.39 is 0 Å². The van der Waals surface area contributed by atoms with Crippen molar-refractivity contribution >= 4 is 0 Å². The van der Waals surface area contributed by atoms with Gasteiger partial charge in [-0.15, -0.1) is 0 Å². The van der Waals surface area contributed by atoms with Crippen molar-refractivity contribution in [3.63, 3.8) is 0 Å². The number of ether oxygens (including phenoxy) is 1. The van der Waals surface area contributed by atoms with Crippen LogP contribution in [0.15, 0.2) is 18.2 Å². The number of piperidine rings is 1. The minimum Gasteiger partial charge on any atom is -0.493 e. The smallest absolute Gasteiger partial charge is 0.124 e. The predicted molar refractivity (Wildman–Crippen MR) is 86.8 cm³/mol. The number of rotatable bonds is 4. The molecule has 3 heteroatoms. The summed E-state index contributed by atoms with van der Waals surface area (Å²) in [5.74, 6) is 1.10. The van der Waals surface area contributed by atoms with E-state index in [4.69, 9.17) is 4.74 Å². The molecule has 0 spiro atoms. The lowest BCUT2D eigenvalue weighted by molar-refractivity contribution is 0.0709. The standard InChI is InChI=1S/C18H28N2O/c1-3-20-11-8-18(2,9-12-20)14-21-17-6-4-5-15-7-10-19-13-16(15)17/h4-6,19H,3,7-14H2,1-2H3. The molecular weight excluding hydrogens is 260 g/mol. The lowest BCUT2D eigenvalue weighted by Crippen LogP contribution is -2.41. The molecule has 3 rings (SSSR count). The van der Waals surface area contributed by atoms with Crippen LogP contribution < -0.4 is 10.1 Å². The first-order valence-electron chi connectivity index (χ1n) is 8.37. The van der Waals surface area contributed by atoms with Crippen molar-refractivity contribution in [1.82, 2.24) is 10.2 Å². The van der Waals surface area contributed by atoms with Gasteiger partial charge in [0, 0.05) is 17.5 Å². The van der Waals surface area contributed by atoms with E-state index in [0.717, 1.165) is 31.9 Å². The van der Waals surface area contributed by atoms with Crippen LogP contribution in [-0.4, -0.2) is 37.7 Å². The molecule has 0 radical (unpaired) electrons. The van der Waals surface area contributed by atoms with E-state index in [1.165, 1.54) is 43.6 Å². The van der Waals surface area contributed by atoms with Gasteiger partial charge in [-0.25, -0.2) is 0 Å². The Kier molecular flexibility index (Phi) is 4.51. The zero-order valence-corrected chi connectivity index (χ0v) is 13.5. The van der Waals surface area contributed by atoms with Crippen molar-refractivity contribution in [2.75, 3.05) is 32.8 Å². The lowest BCUT2D eigenvalue weighted by Gasteiger charge is -2.39. The van der Waals surface area contributed by atoms with Crippen LogP contribution in [0.1, 0.15) is 37.8 Å². The second-order valence-electron chi connectivity index (χ2n) is 6.85. The van der Waals surface area contributed by atoms with Gasteiger partial charge in [-0.2, -0.15) is 0 Å². The van der Waals surface area contributed by atoms with Crippen LogP contribution in [0.5, 0.6) is 5.75 Å². The van der Waals surface area contributed by atoms with Crippen LogP contribution in [0.4, 0.5) is 0 Å². The highest BCUT2D eigenvalue weighted by Gasteiger charge is 2.30. The van der Waals surface area contributed by atoms with Gasteiger partial charge < -0.3 is 15.0 Å². The molecule has 2 heterocycles. The monoisotopic (exact) mass is 288 g/mol. The van der Waals surface area contributed by atoms with Crippen molar-refractivity contribution in [3.8, 4) is 5.75 Å². The summed E-state index contributed by atoms with van der Waals surface area (Å²) in [4.78, 5) is 2.54. The van der Waals surface area contributed by atoms with E-state index in [1.807, 2.05) is 0 Å². The molecule has 0 unspecified atom stereocenters. The Morgan fingerprint density at radius 2 is 2.10 bits per heavy atom. The van der Waals surface area contributed by atoms with Gasteiger partial charge >= 0.3 is 0 Å². The topological polar surface area (TPSA) is 24.5 Å². The fraction of sp³-hybridized carbons (Fsp3) is 0.667. The second-order valence-corrected chi connectivity index (χ2v) is 6.85. The van der Waals surface area contributed by atoms with E-state index in [2.05, 4.69) is 42.3 Å². The van der Waals surface area contributed by atoms with E-state index in [0.29, 0.717) is 5.41 Å². The van der Waals surface area contributed by atoms with Gasteiger partial charge in [0.15, 0.2) is 0 Å². The Labute approximate surface area is 128 Å². The summed E-state index contributed by atoms with van der Waals surface area (Å²) in [6, 6.07) is 6.52. The first kappa shape index (κ1) is 14.9. The number of nitrogens with one attached hydrogen (secondary N) is 1. The van der Waals surface area contributed by atoms with Crippen LogP contribution in [-0.2, 0) is 13.0 Å². The number of likely N-dealkylation sites (tertiary alicyclic amines) is 1. The van der Waals surface area contributed by atoms with E-state index >= 15 is 0 Å². The molecule has 1 saturated heterocycles. The molecule has 0 saturated carbocycles. The van der Waals surface area contributed by atoms with Gasteiger partial charge in [0.1, 0.15) is 5.75 Å². The first-order valence-corrected chi connectivity index (χ1v) is 8.37. The van der Waals surface area contributed by atoms with Gasteiger partial charge in [-0.05, 0) is 57.1 Å². The minimum absolute atomic E-state index is 0.330. The van der Waals surface area contributed by atoms with Crippen molar-refractivity contribution in [3.05, 3.63) is 29.3 Å². The molecule has 0 aliphatic carbocycles. The Balaban J connectivity index is 1.63. The SMILES string of the molecule is CCN1CCC(C)(COc2cccc3c2CNCC3)CC1. The highest BCUT2D eigenvalue weighted by atomic mass is 16.5. The Bertz CT molecular complexity index is 478. The number of hydrogen-bond acceptors (Lipinski definition) is 3. The molecule has 1 aromatic carbocycles. The van der Waals surface area contributed by atoms with Crippen molar-refractivity contribution in [2.24, 2.45) is 5.41 Å². The zero-order valence-electron chi connectivity index (χ0n) is 13.5. The number of hydrogen-bond donors (Lipinski definition) is 1. The Morgan fingerprint density at radius 1 is 1.29 bits per heavy atom. The van der Waals surface area contributed by atoms with Crippen LogP contribution in [0, 0.1) is 5.41 Å². The average Bonchev–Trinajstić information content (AvgIpc) is 2.54. The molecule has 3 nitrogen and oxygen atoms in total. The van der Waals surface area contributed by atoms with Gasteiger partial charge in [0.05, 0.1) is 6.61 Å². The number of benzene rings is 1. The quantitative estimate of drug-likeness (QED) is 0.922. The van der Waals surface area contributed by atoms with Gasteiger partial charge in [-0.3, -0.25) is 0 Å². The second kappa shape index (κ2) is 6.37. The molecular formula is C18H28N2O. The molecule has 0 amide bonds. The maximum absolute atomic E-state index is 6.26. The first-order chi connectivity index (χ1) is 10.2. The summed E-state index contributed by atoms with van der Waals surface area (Å²) in [7, 11) is 0. The van der Waals surface area contributed by atoms with Crippen molar-refractivity contribution in [1.29, 1.82) is 0 Å². The maximum atomic E-state index is 6.26. The largest absolute Gasteiger partial charge is 0.493 e. The van der Waals surface area contributed by atoms with Gasteiger partial charge in [0.2, 0.25) is 0 Å². The lowest BCUT2D eigenvalue weighted by atomic mass is 9.81. The highest BCUT2D eigenvalue weighted by Crippen LogP contribution is 2.33. The molecule has 1 aromatic rings. The third-order valence-corrected chi connectivity index (χ3v) is 5.19. The summed E-state index contributed by atoms with van der Waals surface area (Å²) < 4.78 is 6.26. The van der Waals surface area contributed by atoms with Crippen molar-refractivity contribution < 1.29 is 4.74 Å². The van der Waals surface area contributed by atoms with Crippen LogP contribution in [0.2, 0.25) is 0 Å². The summed E-state index contributed by atoms with van der Waals surface area (Å²) in [6.45, 7) is 11.1. The van der Waals surface area contributed by atoms with Gasteiger partial charge in [0.25, 0.3) is 0 Å². The predicted octanol–water partition coefficient (Wildman–Crippen LogP) is 2.83. The Morgan fingerprint density at radius 3 is 2.86 bits per heavy atom. The van der Waals surface area contributed by atoms with Crippen LogP contribution >= 0.6 is 0 Å². The number of nitrogens with zero attached hydrogens (tertiary/aromatic N) is 1. The fourth-order valence-electron chi connectivity index (χ4n) is 3.42. The molecule has 2 aliphatic heterocycles. The molecule has 0 bridgehead atoms. The van der Waals surface area contributed by atoms with E-state index in [9.17, 15) is 0 Å². The highest BCUT2D eigenvalue weighted by molar-refractivity contribution is 5.41. The van der Waals surface area contributed by atoms with Crippen molar-refractivity contribution in [2.45, 2.75) is 39.7 Å². The van der Waals surface area contributed by atoms with E-state index in [-0.39, 0.29) is 0 Å². The Hall–Kier alpha value is -1.06. The summed E-state index contributed by atoms with van der Waals surface area (Å²) in [6.07, 6.45) is 3.61. The summed E-state index contributed by atoms with van der Waals surface area (Å²) in [5, 5.41) is 3.46. The molecule has 1 N–H and O–H groups in total. The maximum Gasteiger partial charge on any atom is 0.124 e. The minimum atomic E-state index is 0.330. The molecule has 0 atom stereocenters. The molecule has 116 valence electrons. The normalized spacial score (nSPS) is 21.8. The third kappa shape index (κ3) is 3.41. The zero-order chi connectivity index (χ0) is 14.7. The van der Waals surface area contributed by atoms with Crippen LogP contribution in [0.3, 0.4) is 0 Å². The van der Waals surface area contributed by atoms with Crippen LogP contribution in [0.25, 0.3) is 0 Å². The van der Waals surface area contributed by atoms with E-state index in [1.54, 1.807) is 0 Å². The molecule has 1 fully saturated rings. The molecule has 21 heavy (non-hydrogen) atoms. The summed E-state index contributed by atoms with van der Waals surface area (Å²) >= 11 is 0.